The lowest BCUT2D eigenvalue weighted by molar-refractivity contribution is 0.0627. The number of sulfone groups is 1. The van der Waals surface area contributed by atoms with Crippen LogP contribution in [0.25, 0.3) is 0 Å². The molecule has 0 atom stereocenters. The molecule has 2 aromatic rings. The number of nitrogens with zero attached hydrogens (tertiary/aromatic N) is 1. The van der Waals surface area contributed by atoms with Crippen LogP contribution in [0.1, 0.15) is 15.9 Å². The second kappa shape index (κ2) is 12.2. The van der Waals surface area contributed by atoms with Crippen molar-refractivity contribution in [3.63, 3.8) is 0 Å². The number of hydrogen-bond donors (Lipinski definition) is 1. The van der Waals surface area contributed by atoms with Gasteiger partial charge in [-0.2, -0.15) is 0 Å². The number of methoxy groups -OCH3 is 2. The highest BCUT2D eigenvalue weighted by Gasteiger charge is 2.23. The second-order valence-electron chi connectivity index (χ2n) is 7.07. The molecule has 0 saturated heterocycles. The lowest BCUT2D eigenvalue weighted by Crippen LogP contribution is -2.36. The van der Waals surface area contributed by atoms with Crippen LogP contribution in [0, 0.1) is 0 Å². The Kier molecular flexibility index (Phi) is 9.95. The van der Waals surface area contributed by atoms with Crippen LogP contribution >= 0.6 is 0 Å². The van der Waals surface area contributed by atoms with Crippen LogP contribution in [0.3, 0.4) is 0 Å². The Labute approximate surface area is 194 Å². The van der Waals surface area contributed by atoms with E-state index in [1.54, 1.807) is 43.4 Å². The smallest absolute Gasteiger partial charge is 0.263 e. The van der Waals surface area contributed by atoms with E-state index in [2.05, 4.69) is 0 Å². The first kappa shape index (κ1) is 26.9. The molecule has 2 rings (SSSR count). The van der Waals surface area contributed by atoms with E-state index in [9.17, 15) is 21.6 Å². The van der Waals surface area contributed by atoms with Crippen molar-refractivity contribution in [1.82, 2.24) is 9.79 Å². The monoisotopic (exact) mass is 500 g/mol. The molecule has 0 aromatic heterocycles. The topological polar surface area (TPSA) is 128 Å². The minimum absolute atomic E-state index is 0.133. The van der Waals surface area contributed by atoms with Gasteiger partial charge in [-0.15, -0.1) is 0 Å². The second-order valence-corrected chi connectivity index (χ2v) is 10.7. The third-order valence-corrected chi connectivity index (χ3v) is 7.12. The van der Waals surface area contributed by atoms with Gasteiger partial charge in [-0.25, -0.2) is 16.8 Å². The van der Waals surface area contributed by atoms with Gasteiger partial charge < -0.3 is 14.4 Å². The Bertz CT molecular complexity index is 1130. The van der Waals surface area contributed by atoms with Crippen molar-refractivity contribution in [3.05, 3.63) is 59.7 Å². The predicted octanol–water partition coefficient (Wildman–Crippen LogP) is 1.24. The summed E-state index contributed by atoms with van der Waals surface area (Å²) in [5.41, 5.74) is 1.06. The molecule has 0 spiro atoms. The third kappa shape index (κ3) is 7.88. The van der Waals surface area contributed by atoms with Gasteiger partial charge in [0, 0.05) is 39.1 Å². The van der Waals surface area contributed by atoms with E-state index in [-0.39, 0.29) is 17.4 Å². The first-order valence-electron chi connectivity index (χ1n) is 9.89. The first-order chi connectivity index (χ1) is 15.6. The van der Waals surface area contributed by atoms with Crippen molar-refractivity contribution in [1.29, 1.82) is 0 Å². The van der Waals surface area contributed by atoms with Gasteiger partial charge in [-0.3, -0.25) is 9.63 Å². The Morgan fingerprint density at radius 2 is 1.42 bits per heavy atom. The molecule has 0 aliphatic heterocycles. The van der Waals surface area contributed by atoms with E-state index in [0.29, 0.717) is 37.4 Å². The van der Waals surface area contributed by atoms with Crippen LogP contribution < -0.4 is 4.89 Å². The van der Waals surface area contributed by atoms with Crippen molar-refractivity contribution in [3.8, 4) is 0 Å². The van der Waals surface area contributed by atoms with Gasteiger partial charge in [0.15, 0.2) is 9.84 Å². The lowest BCUT2D eigenvalue weighted by atomic mass is 10.1. The number of amides is 1. The molecule has 10 nitrogen and oxygen atoms in total. The van der Waals surface area contributed by atoms with E-state index in [0.717, 1.165) is 6.26 Å². The summed E-state index contributed by atoms with van der Waals surface area (Å²) in [7, 11) is -4.87. The molecule has 1 amide bonds. The highest BCUT2D eigenvalue weighted by molar-refractivity contribution is 7.93. The number of nitrogens with one attached hydrogen (secondary N) is 1. The van der Waals surface area contributed by atoms with Crippen molar-refractivity contribution in [2.75, 3.05) is 46.8 Å². The summed E-state index contributed by atoms with van der Waals surface area (Å²) in [4.78, 5) is 20.7. The van der Waals surface area contributed by atoms with Crippen LogP contribution in [-0.2, 0) is 40.8 Å². The molecule has 0 saturated carbocycles. The standard InChI is InChI=1S/C21H28N2O8S2/c1-29-14-12-23(13-15-30-2)21(24)18-10-8-17(9-11-18)16-31-22-33(27,28)20-7-5-4-6-19(20)32(3,25)26/h4-11,22H,12-16H2,1-3H3. The molecule has 0 radical (unpaired) electrons. The zero-order chi connectivity index (χ0) is 24.5. The molecule has 0 aliphatic carbocycles. The summed E-state index contributed by atoms with van der Waals surface area (Å²) in [5.74, 6) is -0.186. The van der Waals surface area contributed by atoms with Gasteiger partial charge in [-0.05, 0) is 29.8 Å². The molecular formula is C21H28N2O8S2. The number of carbonyl (C=O) groups excluding carboxylic acids is 1. The molecule has 2 aromatic carbocycles. The maximum atomic E-state index is 12.7. The quantitative estimate of drug-likeness (QED) is 0.407. The Balaban J connectivity index is 2.03. The zero-order valence-corrected chi connectivity index (χ0v) is 20.3. The van der Waals surface area contributed by atoms with Crippen molar-refractivity contribution < 1.29 is 35.9 Å². The zero-order valence-electron chi connectivity index (χ0n) is 18.7. The van der Waals surface area contributed by atoms with Crippen LogP contribution in [0.15, 0.2) is 58.3 Å². The number of carbonyl (C=O) groups is 1. The van der Waals surface area contributed by atoms with E-state index in [1.165, 1.54) is 24.3 Å². The Morgan fingerprint density at radius 1 is 0.879 bits per heavy atom. The van der Waals surface area contributed by atoms with Gasteiger partial charge >= 0.3 is 0 Å². The number of hydrogen-bond acceptors (Lipinski definition) is 8. The molecule has 0 aliphatic rings. The number of benzene rings is 2. The molecule has 0 unspecified atom stereocenters. The molecule has 182 valence electrons. The normalized spacial score (nSPS) is 12.0. The van der Waals surface area contributed by atoms with Gasteiger partial charge in [0.1, 0.15) is 4.90 Å². The number of ether oxygens (including phenoxy) is 2. The first-order valence-corrected chi connectivity index (χ1v) is 13.3. The Hall–Kier alpha value is -2.35. The van der Waals surface area contributed by atoms with E-state index in [4.69, 9.17) is 14.3 Å². The van der Waals surface area contributed by atoms with Crippen molar-refractivity contribution >= 4 is 25.8 Å². The third-order valence-electron chi connectivity index (χ3n) is 4.56. The van der Waals surface area contributed by atoms with Crippen LogP contribution in [0.5, 0.6) is 0 Å². The summed E-state index contributed by atoms with van der Waals surface area (Å²) >= 11 is 0. The molecule has 0 heterocycles. The largest absolute Gasteiger partial charge is 0.383 e. The van der Waals surface area contributed by atoms with Gasteiger partial charge in [0.25, 0.3) is 15.9 Å². The molecule has 0 bridgehead atoms. The Morgan fingerprint density at radius 3 is 1.94 bits per heavy atom. The minimum atomic E-state index is -4.23. The average molecular weight is 501 g/mol. The fourth-order valence-corrected chi connectivity index (χ4v) is 5.29. The highest BCUT2D eigenvalue weighted by atomic mass is 32.2. The molecule has 12 heteroatoms. The van der Waals surface area contributed by atoms with Crippen LogP contribution in [0.2, 0.25) is 0 Å². The van der Waals surface area contributed by atoms with Gasteiger partial charge in [0.2, 0.25) is 0 Å². The lowest BCUT2D eigenvalue weighted by Gasteiger charge is -2.22. The summed E-state index contributed by atoms with van der Waals surface area (Å²) in [6.07, 6.45) is 0.927. The fraction of sp³-hybridized carbons (Fsp3) is 0.381. The van der Waals surface area contributed by atoms with E-state index >= 15 is 0 Å². The highest BCUT2D eigenvalue weighted by Crippen LogP contribution is 2.20. The molecule has 1 N–H and O–H groups in total. The summed E-state index contributed by atoms with van der Waals surface area (Å²) < 4.78 is 58.9. The molecular weight excluding hydrogens is 472 g/mol. The van der Waals surface area contributed by atoms with E-state index < -0.39 is 24.8 Å². The number of sulfonamides is 1. The van der Waals surface area contributed by atoms with Crippen LogP contribution in [-0.4, -0.2) is 74.4 Å². The summed E-state index contributed by atoms with van der Waals surface area (Å²) in [6, 6.07) is 11.7. The van der Waals surface area contributed by atoms with Gasteiger partial charge in [-0.1, -0.05) is 29.2 Å². The predicted molar refractivity (Wildman–Crippen MR) is 121 cm³/mol. The fourth-order valence-electron chi connectivity index (χ4n) is 2.86. The van der Waals surface area contributed by atoms with Gasteiger partial charge in [0.05, 0.1) is 24.7 Å². The maximum Gasteiger partial charge on any atom is 0.263 e. The van der Waals surface area contributed by atoms with Crippen molar-refractivity contribution in [2.45, 2.75) is 16.4 Å². The average Bonchev–Trinajstić information content (AvgIpc) is 2.78. The minimum Gasteiger partial charge on any atom is -0.383 e. The van der Waals surface area contributed by atoms with Crippen LogP contribution in [0.4, 0.5) is 0 Å². The summed E-state index contributed by atoms with van der Waals surface area (Å²) in [6.45, 7) is 1.49. The summed E-state index contributed by atoms with van der Waals surface area (Å²) in [5, 5.41) is 0. The SMILES string of the molecule is COCCN(CCOC)C(=O)c1ccc(CONS(=O)(=O)c2ccccc2S(C)(=O)=O)cc1. The molecule has 33 heavy (non-hydrogen) atoms. The molecule has 0 fully saturated rings. The number of rotatable bonds is 13. The van der Waals surface area contributed by atoms with Crippen molar-refractivity contribution in [2.24, 2.45) is 0 Å². The maximum absolute atomic E-state index is 12.7. The van der Waals surface area contributed by atoms with E-state index in [1.807, 2.05) is 4.89 Å².